The molecule has 0 unspecified atom stereocenters. The number of ether oxygens (including phenoxy) is 1. The lowest BCUT2D eigenvalue weighted by Gasteiger charge is -1.93. The maximum Gasteiger partial charge on any atom is 0.394 e. The van der Waals surface area contributed by atoms with E-state index in [9.17, 15) is 4.79 Å². The summed E-state index contributed by atoms with van der Waals surface area (Å²) in [4.78, 5) is 15.1. The second kappa shape index (κ2) is 3.70. The molecule has 0 atom stereocenters. The van der Waals surface area contributed by atoms with Crippen molar-refractivity contribution in [2.75, 3.05) is 7.11 Å². The molecule has 0 bridgehead atoms. The van der Waals surface area contributed by atoms with Gasteiger partial charge in [0, 0.05) is 6.54 Å². The minimum Gasteiger partial charge on any atom is -0.462 e. The molecule has 0 saturated heterocycles. The van der Waals surface area contributed by atoms with E-state index in [0.717, 1.165) is 5.56 Å². The fraction of sp³-hybridized carbons (Fsp3) is 0.200. The zero-order valence-electron chi connectivity index (χ0n) is 8.19. The molecule has 2 aromatic rings. The molecular formula is C10H10N2O3. The van der Waals surface area contributed by atoms with Crippen LogP contribution in [-0.4, -0.2) is 18.1 Å². The normalized spacial score (nSPS) is 10.5. The number of nitrogens with two attached hydrogens (primary N) is 1. The van der Waals surface area contributed by atoms with E-state index >= 15 is 0 Å². The fourth-order valence-corrected chi connectivity index (χ4v) is 1.27. The summed E-state index contributed by atoms with van der Waals surface area (Å²) in [7, 11) is 1.28. The first kappa shape index (κ1) is 9.67. The molecule has 0 aliphatic rings. The summed E-state index contributed by atoms with van der Waals surface area (Å²) in [6.07, 6.45) is 0. The third-order valence-corrected chi connectivity index (χ3v) is 2.05. The molecule has 1 heterocycles. The number of fused-ring (bicyclic) bond motifs is 1. The van der Waals surface area contributed by atoms with Crippen LogP contribution in [0, 0.1) is 0 Å². The number of benzene rings is 1. The Hall–Kier alpha value is -1.88. The van der Waals surface area contributed by atoms with Crippen molar-refractivity contribution >= 4 is 17.1 Å². The Morgan fingerprint density at radius 1 is 1.60 bits per heavy atom. The predicted octanol–water partition coefficient (Wildman–Crippen LogP) is 1.07. The van der Waals surface area contributed by atoms with Crippen LogP contribution < -0.4 is 5.73 Å². The third-order valence-electron chi connectivity index (χ3n) is 2.05. The number of nitrogens with zero attached hydrogens (tertiary/aromatic N) is 1. The molecule has 0 aliphatic carbocycles. The van der Waals surface area contributed by atoms with Crippen molar-refractivity contribution in [1.82, 2.24) is 4.98 Å². The van der Waals surface area contributed by atoms with Crippen LogP contribution in [0.5, 0.6) is 0 Å². The maximum atomic E-state index is 11.1. The predicted molar refractivity (Wildman–Crippen MR) is 53.2 cm³/mol. The van der Waals surface area contributed by atoms with Gasteiger partial charge in [0.2, 0.25) is 0 Å². The number of rotatable bonds is 2. The molecule has 1 aromatic carbocycles. The van der Waals surface area contributed by atoms with E-state index in [0.29, 0.717) is 17.6 Å². The van der Waals surface area contributed by atoms with Gasteiger partial charge in [0.15, 0.2) is 5.58 Å². The van der Waals surface area contributed by atoms with E-state index in [4.69, 9.17) is 10.2 Å². The first-order chi connectivity index (χ1) is 7.24. The summed E-state index contributed by atoms with van der Waals surface area (Å²) in [5, 5.41) is 0. The van der Waals surface area contributed by atoms with Crippen LogP contribution in [0.3, 0.4) is 0 Å². The quantitative estimate of drug-likeness (QED) is 0.743. The monoisotopic (exact) mass is 206 g/mol. The SMILES string of the molecule is COC(=O)c1nc2ccc(CN)cc2o1. The van der Waals surface area contributed by atoms with Gasteiger partial charge in [-0.15, -0.1) is 0 Å². The summed E-state index contributed by atoms with van der Waals surface area (Å²) in [5.74, 6) is -0.623. The van der Waals surface area contributed by atoms with Gasteiger partial charge in [-0.3, -0.25) is 0 Å². The third kappa shape index (κ3) is 1.69. The Morgan fingerprint density at radius 3 is 3.07 bits per heavy atom. The summed E-state index contributed by atoms with van der Waals surface area (Å²) in [6, 6.07) is 5.36. The molecule has 0 aliphatic heterocycles. The van der Waals surface area contributed by atoms with Gasteiger partial charge in [-0.05, 0) is 17.7 Å². The number of oxazole rings is 1. The van der Waals surface area contributed by atoms with Gasteiger partial charge in [-0.25, -0.2) is 9.78 Å². The number of carbonyl (C=O) groups is 1. The van der Waals surface area contributed by atoms with Crippen LogP contribution >= 0.6 is 0 Å². The van der Waals surface area contributed by atoms with Crippen LogP contribution in [0.15, 0.2) is 22.6 Å². The highest BCUT2D eigenvalue weighted by atomic mass is 16.5. The van der Waals surface area contributed by atoms with Gasteiger partial charge >= 0.3 is 11.9 Å². The topological polar surface area (TPSA) is 78.3 Å². The van der Waals surface area contributed by atoms with E-state index in [1.807, 2.05) is 6.07 Å². The minimum absolute atomic E-state index is 0.0401. The Bertz CT molecular complexity index is 504. The summed E-state index contributed by atoms with van der Waals surface area (Å²) >= 11 is 0. The molecule has 0 amide bonds. The molecule has 5 nitrogen and oxygen atoms in total. The second-order valence-corrected chi connectivity index (χ2v) is 3.02. The molecule has 0 spiro atoms. The molecule has 78 valence electrons. The number of carbonyl (C=O) groups excluding carboxylic acids is 1. The summed E-state index contributed by atoms with van der Waals surface area (Å²) < 4.78 is 9.72. The minimum atomic E-state index is -0.583. The van der Waals surface area contributed by atoms with Crippen molar-refractivity contribution in [2.45, 2.75) is 6.54 Å². The van der Waals surface area contributed by atoms with Crippen LogP contribution in [0.1, 0.15) is 16.2 Å². The van der Waals surface area contributed by atoms with Crippen LogP contribution in [0.2, 0.25) is 0 Å². The highest BCUT2D eigenvalue weighted by Gasteiger charge is 2.14. The van der Waals surface area contributed by atoms with Crippen LogP contribution in [0.25, 0.3) is 11.1 Å². The second-order valence-electron chi connectivity index (χ2n) is 3.02. The van der Waals surface area contributed by atoms with Crippen molar-refractivity contribution in [3.8, 4) is 0 Å². The van der Waals surface area contributed by atoms with Crippen molar-refractivity contribution in [1.29, 1.82) is 0 Å². The van der Waals surface area contributed by atoms with E-state index < -0.39 is 5.97 Å². The average Bonchev–Trinajstić information content (AvgIpc) is 2.70. The Morgan fingerprint density at radius 2 is 2.40 bits per heavy atom. The molecule has 5 heteroatoms. The number of aromatic nitrogens is 1. The standard InChI is InChI=1S/C10H10N2O3/c1-14-10(13)9-12-7-3-2-6(5-11)4-8(7)15-9/h2-4H,5,11H2,1H3. The van der Waals surface area contributed by atoms with Crippen LogP contribution in [-0.2, 0) is 11.3 Å². The van der Waals surface area contributed by atoms with Gasteiger partial charge in [0.1, 0.15) is 5.52 Å². The number of methoxy groups -OCH3 is 1. The first-order valence-corrected chi connectivity index (χ1v) is 4.42. The largest absolute Gasteiger partial charge is 0.462 e. The fourth-order valence-electron chi connectivity index (χ4n) is 1.27. The van der Waals surface area contributed by atoms with Gasteiger partial charge in [0.05, 0.1) is 7.11 Å². The van der Waals surface area contributed by atoms with E-state index in [1.165, 1.54) is 7.11 Å². The zero-order chi connectivity index (χ0) is 10.8. The molecular weight excluding hydrogens is 196 g/mol. The molecule has 2 rings (SSSR count). The van der Waals surface area contributed by atoms with Crippen molar-refractivity contribution in [2.24, 2.45) is 5.73 Å². The first-order valence-electron chi connectivity index (χ1n) is 4.42. The molecule has 0 saturated carbocycles. The Labute approximate surface area is 85.8 Å². The number of hydrogen-bond donors (Lipinski definition) is 1. The molecule has 2 N–H and O–H groups in total. The smallest absolute Gasteiger partial charge is 0.394 e. The zero-order valence-corrected chi connectivity index (χ0v) is 8.19. The van der Waals surface area contributed by atoms with E-state index in [2.05, 4.69) is 9.72 Å². The molecule has 15 heavy (non-hydrogen) atoms. The Kier molecular flexibility index (Phi) is 2.39. The number of hydrogen-bond acceptors (Lipinski definition) is 5. The van der Waals surface area contributed by atoms with Gasteiger partial charge in [0.25, 0.3) is 0 Å². The van der Waals surface area contributed by atoms with E-state index in [1.54, 1.807) is 12.1 Å². The van der Waals surface area contributed by atoms with Crippen LogP contribution in [0.4, 0.5) is 0 Å². The summed E-state index contributed by atoms with van der Waals surface area (Å²) in [5.41, 5.74) is 7.56. The van der Waals surface area contributed by atoms with Gasteiger partial charge in [-0.1, -0.05) is 6.07 Å². The lowest BCUT2D eigenvalue weighted by atomic mass is 10.2. The van der Waals surface area contributed by atoms with E-state index in [-0.39, 0.29) is 5.89 Å². The number of esters is 1. The Balaban J connectivity index is 2.51. The lowest BCUT2D eigenvalue weighted by Crippen LogP contribution is -2.00. The van der Waals surface area contributed by atoms with Gasteiger partial charge in [-0.2, -0.15) is 0 Å². The summed E-state index contributed by atoms with van der Waals surface area (Å²) in [6.45, 7) is 0.421. The van der Waals surface area contributed by atoms with Crippen molar-refractivity contribution < 1.29 is 13.9 Å². The average molecular weight is 206 g/mol. The highest BCUT2D eigenvalue weighted by molar-refractivity contribution is 5.88. The van der Waals surface area contributed by atoms with Crippen molar-refractivity contribution in [3.63, 3.8) is 0 Å². The maximum absolute atomic E-state index is 11.1. The van der Waals surface area contributed by atoms with Gasteiger partial charge < -0.3 is 14.9 Å². The molecule has 1 aromatic heterocycles. The molecule has 0 radical (unpaired) electrons. The highest BCUT2D eigenvalue weighted by Crippen LogP contribution is 2.17. The lowest BCUT2D eigenvalue weighted by molar-refractivity contribution is 0.0558. The van der Waals surface area contributed by atoms with Crippen molar-refractivity contribution in [3.05, 3.63) is 29.7 Å². The molecule has 0 fully saturated rings.